The first kappa shape index (κ1) is 16.5. The highest BCUT2D eigenvalue weighted by atomic mass is 16.5. The van der Waals surface area contributed by atoms with Gasteiger partial charge in [-0.2, -0.15) is 0 Å². The summed E-state index contributed by atoms with van der Waals surface area (Å²) in [6.07, 6.45) is 5.72. The van der Waals surface area contributed by atoms with Gasteiger partial charge in [0.2, 0.25) is 5.91 Å². The van der Waals surface area contributed by atoms with Crippen molar-refractivity contribution >= 4 is 11.9 Å². The maximum atomic E-state index is 12.0. The van der Waals surface area contributed by atoms with E-state index in [4.69, 9.17) is 9.47 Å². The Morgan fingerprint density at radius 1 is 1.18 bits per heavy atom. The van der Waals surface area contributed by atoms with E-state index in [1.165, 1.54) is 13.5 Å². The molecule has 0 bridgehead atoms. The van der Waals surface area contributed by atoms with Crippen LogP contribution in [0.4, 0.5) is 0 Å². The molecule has 1 aromatic carbocycles. The van der Waals surface area contributed by atoms with E-state index in [2.05, 4.69) is 5.32 Å². The lowest BCUT2D eigenvalue weighted by Gasteiger charge is -2.22. The number of nitrogens with one attached hydrogen (secondary N) is 1. The number of benzene rings is 1. The van der Waals surface area contributed by atoms with Gasteiger partial charge in [-0.05, 0) is 18.4 Å². The Labute approximate surface area is 131 Å². The standard InChI is InChI=1S/C17H23NO4/c1-21-17(20)16(13-8-4-2-5-9-13)18-15(19)12-22-14-10-6-3-7-11-14/h2,4-5,8-9,14,16H,3,6-7,10-12H2,1H3,(H,18,19)/t16-/m0/s1. The number of hydrogen-bond acceptors (Lipinski definition) is 4. The fourth-order valence-electron chi connectivity index (χ4n) is 2.67. The Morgan fingerprint density at radius 3 is 2.50 bits per heavy atom. The van der Waals surface area contributed by atoms with Crippen LogP contribution in [0.1, 0.15) is 43.7 Å². The molecule has 1 saturated carbocycles. The molecule has 22 heavy (non-hydrogen) atoms. The summed E-state index contributed by atoms with van der Waals surface area (Å²) in [5.41, 5.74) is 0.695. The van der Waals surface area contributed by atoms with Crippen molar-refractivity contribution in [2.75, 3.05) is 13.7 Å². The highest BCUT2D eigenvalue weighted by molar-refractivity contribution is 5.86. The van der Waals surface area contributed by atoms with Crippen molar-refractivity contribution in [2.24, 2.45) is 0 Å². The third-order valence-electron chi connectivity index (χ3n) is 3.88. The third kappa shape index (κ3) is 4.84. The van der Waals surface area contributed by atoms with E-state index in [1.807, 2.05) is 18.2 Å². The lowest BCUT2D eigenvalue weighted by Crippen LogP contribution is -2.37. The molecule has 1 aromatic rings. The minimum absolute atomic E-state index is 0.0228. The van der Waals surface area contributed by atoms with E-state index in [0.717, 1.165) is 25.7 Å². The molecule has 5 nitrogen and oxygen atoms in total. The molecule has 0 aliphatic heterocycles. The zero-order valence-corrected chi connectivity index (χ0v) is 12.9. The Bertz CT molecular complexity index is 483. The van der Waals surface area contributed by atoms with E-state index in [0.29, 0.717) is 5.56 Å². The summed E-state index contributed by atoms with van der Waals surface area (Å²) < 4.78 is 10.4. The van der Waals surface area contributed by atoms with Gasteiger partial charge in [0.1, 0.15) is 6.61 Å². The van der Waals surface area contributed by atoms with Crippen LogP contribution in [0.15, 0.2) is 30.3 Å². The first-order chi connectivity index (χ1) is 10.7. The van der Waals surface area contributed by atoms with Crippen molar-refractivity contribution in [1.29, 1.82) is 0 Å². The molecule has 0 radical (unpaired) electrons. The molecule has 0 aromatic heterocycles. The molecule has 1 aliphatic rings. The van der Waals surface area contributed by atoms with Gasteiger partial charge in [0.05, 0.1) is 13.2 Å². The summed E-state index contributed by atoms with van der Waals surface area (Å²) in [5.74, 6) is -0.790. The number of amides is 1. The van der Waals surface area contributed by atoms with Gasteiger partial charge >= 0.3 is 5.97 Å². The molecular weight excluding hydrogens is 282 g/mol. The van der Waals surface area contributed by atoms with Crippen LogP contribution in [-0.2, 0) is 19.1 Å². The summed E-state index contributed by atoms with van der Waals surface area (Å²) in [6, 6.07) is 8.25. The number of esters is 1. The van der Waals surface area contributed by atoms with Gasteiger partial charge < -0.3 is 14.8 Å². The summed E-state index contributed by atoms with van der Waals surface area (Å²) in [7, 11) is 1.31. The van der Waals surface area contributed by atoms with Crippen LogP contribution in [0.3, 0.4) is 0 Å². The Balaban J connectivity index is 1.89. The fourth-order valence-corrected chi connectivity index (χ4v) is 2.67. The molecule has 1 amide bonds. The van der Waals surface area contributed by atoms with Crippen LogP contribution in [0, 0.1) is 0 Å². The topological polar surface area (TPSA) is 64.6 Å². The molecule has 120 valence electrons. The Morgan fingerprint density at radius 2 is 1.86 bits per heavy atom. The molecule has 0 saturated heterocycles. The van der Waals surface area contributed by atoms with Crippen LogP contribution in [0.5, 0.6) is 0 Å². The van der Waals surface area contributed by atoms with Crippen LogP contribution in [0.2, 0.25) is 0 Å². The number of carbonyl (C=O) groups is 2. The number of methoxy groups -OCH3 is 1. The number of ether oxygens (including phenoxy) is 2. The highest BCUT2D eigenvalue weighted by Crippen LogP contribution is 2.20. The van der Waals surface area contributed by atoms with Crippen molar-refractivity contribution in [3.8, 4) is 0 Å². The highest BCUT2D eigenvalue weighted by Gasteiger charge is 2.24. The maximum absolute atomic E-state index is 12.0. The van der Waals surface area contributed by atoms with Gasteiger partial charge in [-0.25, -0.2) is 4.79 Å². The molecule has 0 heterocycles. The van der Waals surface area contributed by atoms with Crippen molar-refractivity contribution in [3.05, 3.63) is 35.9 Å². The van der Waals surface area contributed by atoms with E-state index < -0.39 is 12.0 Å². The smallest absolute Gasteiger partial charge is 0.333 e. The number of rotatable bonds is 6. The molecule has 0 spiro atoms. The van der Waals surface area contributed by atoms with Crippen molar-refractivity contribution in [2.45, 2.75) is 44.2 Å². The van der Waals surface area contributed by atoms with Gasteiger partial charge in [-0.1, -0.05) is 49.6 Å². The van der Waals surface area contributed by atoms with Gasteiger partial charge in [-0.15, -0.1) is 0 Å². The number of hydrogen-bond donors (Lipinski definition) is 1. The lowest BCUT2D eigenvalue weighted by molar-refractivity contribution is -0.146. The predicted octanol–water partition coefficient (Wildman–Crippen LogP) is 2.37. The van der Waals surface area contributed by atoms with E-state index in [9.17, 15) is 9.59 Å². The second-order valence-corrected chi connectivity index (χ2v) is 5.51. The first-order valence-electron chi connectivity index (χ1n) is 7.74. The van der Waals surface area contributed by atoms with Crippen molar-refractivity contribution in [1.82, 2.24) is 5.32 Å². The largest absolute Gasteiger partial charge is 0.467 e. The van der Waals surface area contributed by atoms with Crippen LogP contribution < -0.4 is 5.32 Å². The second kappa shape index (κ2) is 8.54. The van der Waals surface area contributed by atoms with Crippen molar-refractivity contribution in [3.63, 3.8) is 0 Å². The average molecular weight is 305 g/mol. The molecule has 1 fully saturated rings. The second-order valence-electron chi connectivity index (χ2n) is 5.51. The summed E-state index contributed by atoms with van der Waals surface area (Å²) in [6.45, 7) is -0.0228. The van der Waals surface area contributed by atoms with E-state index in [1.54, 1.807) is 12.1 Å². The third-order valence-corrected chi connectivity index (χ3v) is 3.88. The Hall–Kier alpha value is -1.88. The monoisotopic (exact) mass is 305 g/mol. The first-order valence-corrected chi connectivity index (χ1v) is 7.74. The SMILES string of the molecule is COC(=O)[C@@H](NC(=O)COC1CCCCC1)c1ccccc1. The maximum Gasteiger partial charge on any atom is 0.333 e. The number of carbonyl (C=O) groups excluding carboxylic acids is 2. The van der Waals surface area contributed by atoms with Gasteiger partial charge in [0, 0.05) is 0 Å². The van der Waals surface area contributed by atoms with Gasteiger partial charge in [-0.3, -0.25) is 4.79 Å². The summed E-state index contributed by atoms with van der Waals surface area (Å²) in [5, 5.41) is 2.69. The molecule has 1 atom stereocenters. The normalized spacial score (nSPS) is 16.8. The molecular formula is C17H23NO4. The zero-order chi connectivity index (χ0) is 15.8. The molecule has 1 aliphatic carbocycles. The predicted molar refractivity (Wildman–Crippen MR) is 82.2 cm³/mol. The van der Waals surface area contributed by atoms with Gasteiger partial charge in [0.15, 0.2) is 6.04 Å². The minimum Gasteiger partial charge on any atom is -0.467 e. The summed E-state index contributed by atoms with van der Waals surface area (Å²) in [4.78, 5) is 23.9. The quantitative estimate of drug-likeness (QED) is 0.820. The molecule has 5 heteroatoms. The average Bonchev–Trinajstić information content (AvgIpc) is 2.59. The minimum atomic E-state index is -0.798. The molecule has 1 N–H and O–H groups in total. The van der Waals surface area contributed by atoms with E-state index >= 15 is 0 Å². The molecule has 2 rings (SSSR count). The van der Waals surface area contributed by atoms with E-state index in [-0.39, 0.29) is 18.6 Å². The lowest BCUT2D eigenvalue weighted by atomic mass is 9.98. The van der Waals surface area contributed by atoms with Crippen molar-refractivity contribution < 1.29 is 19.1 Å². The van der Waals surface area contributed by atoms with Gasteiger partial charge in [0.25, 0.3) is 0 Å². The fraction of sp³-hybridized carbons (Fsp3) is 0.529. The Kier molecular flexibility index (Phi) is 6.40. The van der Waals surface area contributed by atoms with Crippen LogP contribution >= 0.6 is 0 Å². The molecule has 0 unspecified atom stereocenters. The zero-order valence-electron chi connectivity index (χ0n) is 12.9. The van der Waals surface area contributed by atoms with Crippen LogP contribution in [-0.4, -0.2) is 31.7 Å². The summed E-state index contributed by atoms with van der Waals surface area (Å²) >= 11 is 0. The van der Waals surface area contributed by atoms with Crippen LogP contribution in [0.25, 0.3) is 0 Å².